The Kier molecular flexibility index (Phi) is 1.67. The number of aromatic nitrogens is 4. The van der Waals surface area contributed by atoms with Crippen molar-refractivity contribution in [2.45, 2.75) is 0 Å². The lowest BCUT2D eigenvalue weighted by molar-refractivity contribution is 1.21. The van der Waals surface area contributed by atoms with Gasteiger partial charge in [-0.1, -0.05) is 0 Å². The minimum absolute atomic E-state index is 0.823. The molecule has 0 saturated heterocycles. The van der Waals surface area contributed by atoms with Crippen molar-refractivity contribution >= 4 is 42.7 Å². The Bertz CT molecular complexity index is 847. The van der Waals surface area contributed by atoms with Crippen molar-refractivity contribution in [1.29, 1.82) is 0 Å². The van der Waals surface area contributed by atoms with Crippen molar-refractivity contribution in [3.05, 3.63) is 37.1 Å². The van der Waals surface area contributed by atoms with E-state index in [1.807, 2.05) is 12.3 Å². The molecule has 0 aliphatic carbocycles. The van der Waals surface area contributed by atoms with E-state index < -0.39 is 0 Å². The first-order valence-corrected chi connectivity index (χ1v) is 5.96. The summed E-state index contributed by atoms with van der Waals surface area (Å²) in [5.41, 5.74) is 2.69. The topological polar surface area (TPSA) is 51.6 Å². The molecule has 4 aromatic rings. The molecule has 4 nitrogen and oxygen atoms in total. The highest BCUT2D eigenvalue weighted by atomic mass is 32.1. The smallest absolute Gasteiger partial charge is 0.116 e. The van der Waals surface area contributed by atoms with Crippen LogP contribution in [0.2, 0.25) is 0 Å². The van der Waals surface area contributed by atoms with Crippen LogP contribution < -0.4 is 0 Å². The first-order valence-electron chi connectivity index (χ1n) is 5.15. The maximum Gasteiger partial charge on any atom is 0.116 e. The number of pyridine rings is 2. The van der Waals surface area contributed by atoms with E-state index in [0.29, 0.717) is 0 Å². The van der Waals surface area contributed by atoms with Gasteiger partial charge in [-0.25, -0.2) is 15.0 Å². The third-order valence-corrected chi connectivity index (χ3v) is 3.82. The van der Waals surface area contributed by atoms with E-state index in [0.717, 1.165) is 26.6 Å². The van der Waals surface area contributed by atoms with Crippen molar-refractivity contribution in [2.75, 3.05) is 0 Å². The van der Waals surface area contributed by atoms with Crippen LogP contribution in [0.1, 0.15) is 0 Å². The monoisotopic (exact) mass is 238 g/mol. The van der Waals surface area contributed by atoms with Crippen LogP contribution in [0, 0.1) is 0 Å². The van der Waals surface area contributed by atoms with Crippen LogP contribution >= 0.6 is 11.3 Å². The zero-order chi connectivity index (χ0) is 11.2. The summed E-state index contributed by atoms with van der Waals surface area (Å²) in [7, 11) is 0. The molecule has 0 atom stereocenters. The number of hydrogen-bond donors (Lipinski definition) is 0. The molecule has 4 heterocycles. The fourth-order valence-corrected chi connectivity index (χ4v) is 2.98. The molecule has 0 amide bonds. The van der Waals surface area contributed by atoms with Gasteiger partial charge >= 0.3 is 0 Å². The van der Waals surface area contributed by atoms with Crippen molar-refractivity contribution in [3.8, 4) is 0 Å². The Morgan fingerprint density at radius 3 is 3.00 bits per heavy atom. The normalized spacial score (nSPS) is 11.5. The van der Waals surface area contributed by atoms with Gasteiger partial charge in [-0.3, -0.25) is 4.98 Å². The van der Waals surface area contributed by atoms with Gasteiger partial charge in [-0.15, -0.1) is 11.3 Å². The van der Waals surface area contributed by atoms with E-state index in [-0.39, 0.29) is 0 Å². The van der Waals surface area contributed by atoms with Gasteiger partial charge in [0, 0.05) is 22.5 Å². The van der Waals surface area contributed by atoms with Crippen LogP contribution in [-0.4, -0.2) is 19.9 Å². The summed E-state index contributed by atoms with van der Waals surface area (Å²) >= 11 is 1.71. The van der Waals surface area contributed by atoms with Gasteiger partial charge in [0.25, 0.3) is 0 Å². The first-order chi connectivity index (χ1) is 8.42. The maximum atomic E-state index is 4.61. The summed E-state index contributed by atoms with van der Waals surface area (Å²) in [6, 6.07) is 4.07. The second kappa shape index (κ2) is 3.18. The summed E-state index contributed by atoms with van der Waals surface area (Å²) in [6.45, 7) is 0. The molecular formula is C12H6N4S. The lowest BCUT2D eigenvalue weighted by atomic mass is 10.2. The van der Waals surface area contributed by atoms with E-state index in [1.165, 1.54) is 4.70 Å². The minimum Gasteiger partial charge on any atom is -0.264 e. The van der Waals surface area contributed by atoms with Gasteiger partial charge in [0.2, 0.25) is 0 Å². The summed E-state index contributed by atoms with van der Waals surface area (Å²) in [6.07, 6.45) is 6.94. The van der Waals surface area contributed by atoms with E-state index in [9.17, 15) is 0 Å². The van der Waals surface area contributed by atoms with Crippen molar-refractivity contribution in [2.24, 2.45) is 0 Å². The predicted octanol–water partition coefficient (Wildman–Crippen LogP) is 2.79. The second-order valence-electron chi connectivity index (χ2n) is 3.74. The van der Waals surface area contributed by atoms with E-state index in [1.54, 1.807) is 30.1 Å². The molecular weight excluding hydrogens is 232 g/mol. The van der Waals surface area contributed by atoms with Crippen LogP contribution in [0.25, 0.3) is 31.3 Å². The Hall–Kier alpha value is -2.14. The summed E-state index contributed by atoms with van der Waals surface area (Å²) in [5, 5.41) is 1.10. The lowest BCUT2D eigenvalue weighted by Gasteiger charge is -1.95. The molecule has 0 spiro atoms. The maximum absolute atomic E-state index is 4.61. The Labute approximate surface area is 100.0 Å². The number of hydrogen-bond acceptors (Lipinski definition) is 5. The van der Waals surface area contributed by atoms with E-state index in [4.69, 9.17) is 0 Å². The summed E-state index contributed by atoms with van der Waals surface area (Å²) in [4.78, 5) is 17.0. The van der Waals surface area contributed by atoms with Gasteiger partial charge in [-0.05, 0) is 12.1 Å². The zero-order valence-electron chi connectivity index (χ0n) is 8.66. The Balaban J connectivity index is 2.28. The van der Waals surface area contributed by atoms with Crippen molar-refractivity contribution < 1.29 is 0 Å². The van der Waals surface area contributed by atoms with E-state index >= 15 is 0 Å². The fourth-order valence-electron chi connectivity index (χ4n) is 1.93. The van der Waals surface area contributed by atoms with Crippen molar-refractivity contribution in [1.82, 2.24) is 19.9 Å². The molecule has 4 aromatic heterocycles. The second-order valence-corrected chi connectivity index (χ2v) is 4.82. The predicted molar refractivity (Wildman–Crippen MR) is 68.0 cm³/mol. The summed E-state index contributed by atoms with van der Waals surface area (Å²) in [5.74, 6) is 0. The SMILES string of the molecule is c1cc2sc3cc4ncncc4nc3c2cn1. The average molecular weight is 238 g/mol. The average Bonchev–Trinajstić information content (AvgIpc) is 2.73. The molecule has 0 fully saturated rings. The zero-order valence-corrected chi connectivity index (χ0v) is 9.48. The van der Waals surface area contributed by atoms with Crippen LogP contribution in [0.5, 0.6) is 0 Å². The molecule has 80 valence electrons. The van der Waals surface area contributed by atoms with Crippen LogP contribution in [0.4, 0.5) is 0 Å². The van der Waals surface area contributed by atoms with Crippen LogP contribution in [-0.2, 0) is 0 Å². The van der Waals surface area contributed by atoms with Gasteiger partial charge in [0.05, 0.1) is 21.9 Å². The fraction of sp³-hybridized carbons (Fsp3) is 0. The first kappa shape index (κ1) is 8.95. The quantitative estimate of drug-likeness (QED) is 0.472. The lowest BCUT2D eigenvalue weighted by Crippen LogP contribution is -1.84. The molecule has 0 unspecified atom stereocenters. The van der Waals surface area contributed by atoms with Gasteiger partial charge < -0.3 is 0 Å². The van der Waals surface area contributed by atoms with Gasteiger partial charge in [0.1, 0.15) is 11.8 Å². The molecule has 0 aliphatic rings. The third kappa shape index (κ3) is 1.23. The van der Waals surface area contributed by atoms with Crippen LogP contribution in [0.15, 0.2) is 37.1 Å². The highest BCUT2D eigenvalue weighted by molar-refractivity contribution is 7.25. The molecule has 0 N–H and O–H groups in total. The molecule has 0 saturated carbocycles. The molecule has 0 aliphatic heterocycles. The summed E-state index contributed by atoms with van der Waals surface area (Å²) < 4.78 is 2.34. The number of fused-ring (bicyclic) bond motifs is 4. The Morgan fingerprint density at radius 2 is 2.00 bits per heavy atom. The molecule has 4 rings (SSSR count). The van der Waals surface area contributed by atoms with E-state index in [2.05, 4.69) is 26.0 Å². The highest BCUT2D eigenvalue weighted by Gasteiger charge is 2.08. The largest absolute Gasteiger partial charge is 0.264 e. The third-order valence-electron chi connectivity index (χ3n) is 2.71. The number of rotatable bonds is 0. The highest BCUT2D eigenvalue weighted by Crippen LogP contribution is 2.32. The Morgan fingerprint density at radius 1 is 1.00 bits per heavy atom. The molecule has 5 heteroatoms. The molecule has 0 aromatic carbocycles. The van der Waals surface area contributed by atoms with Crippen LogP contribution in [0.3, 0.4) is 0 Å². The standard InChI is InChI=1S/C12H6N4S/c1-2-13-4-7-10(1)17-11-3-8-9(16-12(7)11)5-14-6-15-8/h1-6H. The molecule has 17 heavy (non-hydrogen) atoms. The number of thiophene rings is 1. The van der Waals surface area contributed by atoms with Gasteiger partial charge in [0.15, 0.2) is 0 Å². The van der Waals surface area contributed by atoms with Crippen molar-refractivity contribution in [3.63, 3.8) is 0 Å². The minimum atomic E-state index is 0.823. The molecule has 0 bridgehead atoms. The molecule has 0 radical (unpaired) electrons. The number of nitrogens with zero attached hydrogens (tertiary/aromatic N) is 4. The van der Waals surface area contributed by atoms with Gasteiger partial charge in [-0.2, -0.15) is 0 Å².